The lowest BCUT2D eigenvalue weighted by atomic mass is 9.48. The molecule has 0 aliphatic heterocycles. The number of anilines is 3. The number of hydrogen-bond acceptors (Lipinski definition) is 1. The Hall–Kier alpha value is -9.56. The molecule has 0 aromatic heterocycles. The van der Waals surface area contributed by atoms with Crippen LogP contribution in [0.4, 0.5) is 17.1 Å². The Labute approximate surface area is 565 Å². The smallest absolute Gasteiger partial charge is 0.0726 e. The van der Waals surface area contributed by atoms with Crippen molar-refractivity contribution < 1.29 is 0 Å². The fourth-order valence-electron chi connectivity index (χ4n) is 24.4. The Bertz CT molecular complexity index is 4850. The number of hydrogen-bond donors (Lipinski definition) is 0. The molecule has 12 aromatic rings. The normalized spacial score (nSPS) is 26.5. The van der Waals surface area contributed by atoms with Gasteiger partial charge in [-0.05, 0) is 282 Å². The van der Waals surface area contributed by atoms with Crippen LogP contribution in [0.25, 0.3) is 44.5 Å². The summed E-state index contributed by atoms with van der Waals surface area (Å²) in [6.07, 6.45) is 15.6. The first kappa shape index (κ1) is 54.7. The fourth-order valence-corrected chi connectivity index (χ4v) is 24.4. The molecule has 8 fully saturated rings. The molecule has 12 aliphatic carbocycles. The van der Waals surface area contributed by atoms with Crippen molar-refractivity contribution in [3.05, 3.63) is 363 Å². The third-order valence-electron chi connectivity index (χ3n) is 27.1. The first-order chi connectivity index (χ1) is 47.5. The topological polar surface area (TPSA) is 3.24 Å². The molecule has 0 saturated heterocycles. The van der Waals surface area contributed by atoms with Gasteiger partial charge in [-0.3, -0.25) is 0 Å². The highest BCUT2D eigenvalue weighted by atomic mass is 15.1. The van der Waals surface area contributed by atoms with E-state index in [1.54, 1.807) is 11.1 Å². The standard InChI is InChI=1S/C95H77N/c1-3-17-67(18-4-1)93(83-26-12-7-21-75(83)76-22-8-13-27-84(76)93)69-32-37-72(38-33-69)96(73-39-34-70(35-40-73)94(68-19-5-2-6-20-68)85-28-14-9-23-77(85)78-24-10-15-29-86(78)94)74-41-44-82-79-25-11-16-30-87(79)95(90(82)55-74)88-53-64(91-65-49-59-45-60(51-65)52-66(91)50-59)31-42-80(88)81-43-36-71(54-89(81)95)92-56-61-46-62(57-92)48-63(47-61)58-92/h1-44,53-55,59-63,65-66,91H,45-52,56-58H2. The number of rotatable bonds is 9. The van der Waals surface area contributed by atoms with Crippen LogP contribution in [0.2, 0.25) is 0 Å². The molecule has 1 nitrogen and oxygen atoms in total. The van der Waals surface area contributed by atoms with Gasteiger partial charge in [-0.25, -0.2) is 0 Å². The highest BCUT2D eigenvalue weighted by Gasteiger charge is 2.57. The molecular weight excluding hydrogens is 1160 g/mol. The maximum absolute atomic E-state index is 2.84. The van der Waals surface area contributed by atoms with Crippen molar-refractivity contribution in [1.29, 1.82) is 0 Å². The second-order valence-corrected chi connectivity index (χ2v) is 31.6. The molecular formula is C95H77N. The third-order valence-corrected chi connectivity index (χ3v) is 27.1. The maximum atomic E-state index is 2.84. The van der Waals surface area contributed by atoms with Crippen molar-refractivity contribution in [2.45, 2.75) is 98.2 Å². The summed E-state index contributed by atoms with van der Waals surface area (Å²) in [6, 6.07) is 112. The van der Waals surface area contributed by atoms with Crippen LogP contribution >= 0.6 is 0 Å². The van der Waals surface area contributed by atoms with Gasteiger partial charge in [0, 0.05) is 17.1 Å². The summed E-state index contributed by atoms with van der Waals surface area (Å²) in [5.41, 5.74) is 32.6. The molecule has 1 unspecified atom stereocenters. The lowest BCUT2D eigenvalue weighted by Crippen LogP contribution is -2.48. The zero-order valence-corrected chi connectivity index (χ0v) is 54.5. The molecule has 0 heterocycles. The SMILES string of the molecule is c1ccc(C2(c3ccc(N(c4ccc(C5(c6ccccc6)c6ccccc6-c6ccccc65)cc4)c4ccc5c(c4)C4(c6ccccc6-5)c5cc(C6C7CC8CC(C7)CC6C8)ccc5-c5ccc(C67CC8CC(CC(C8)C6)C7)cc54)cc3)c3ccccc3-c3ccccc32)cc1. The summed E-state index contributed by atoms with van der Waals surface area (Å²) in [7, 11) is 0. The average molecular weight is 1230 g/mol. The van der Waals surface area contributed by atoms with Crippen LogP contribution in [0.3, 0.4) is 0 Å². The summed E-state index contributed by atoms with van der Waals surface area (Å²) in [4.78, 5) is 2.61. The molecule has 12 aromatic carbocycles. The van der Waals surface area contributed by atoms with Gasteiger partial charge in [0.05, 0.1) is 16.2 Å². The van der Waals surface area contributed by atoms with Crippen LogP contribution in [-0.2, 0) is 21.7 Å². The summed E-state index contributed by atoms with van der Waals surface area (Å²) in [5, 5.41) is 0. The van der Waals surface area contributed by atoms with E-state index in [1.165, 1.54) is 188 Å². The van der Waals surface area contributed by atoms with Gasteiger partial charge in [-0.1, -0.05) is 249 Å². The van der Waals surface area contributed by atoms with Crippen LogP contribution < -0.4 is 4.90 Å². The fraction of sp³-hybridized carbons (Fsp3) is 0.242. The first-order valence-electron chi connectivity index (χ1n) is 36.5. The van der Waals surface area contributed by atoms with Crippen LogP contribution in [0.5, 0.6) is 0 Å². The van der Waals surface area contributed by atoms with Gasteiger partial charge in [-0.15, -0.1) is 0 Å². The molecule has 1 spiro atoms. The van der Waals surface area contributed by atoms with Gasteiger partial charge in [-0.2, -0.15) is 0 Å². The highest BCUT2D eigenvalue weighted by molar-refractivity contribution is 5.97. The van der Waals surface area contributed by atoms with Crippen molar-refractivity contribution in [3.63, 3.8) is 0 Å². The molecule has 1 atom stereocenters. The lowest BCUT2D eigenvalue weighted by molar-refractivity contribution is -0.00522. The second-order valence-electron chi connectivity index (χ2n) is 31.6. The van der Waals surface area contributed by atoms with E-state index in [0.717, 1.165) is 52.8 Å². The minimum atomic E-state index is -0.515. The number of fused-ring (bicyclic) bond motifs is 16. The van der Waals surface area contributed by atoms with Gasteiger partial charge in [0.1, 0.15) is 0 Å². The largest absolute Gasteiger partial charge is 0.310 e. The van der Waals surface area contributed by atoms with E-state index < -0.39 is 16.2 Å². The van der Waals surface area contributed by atoms with E-state index in [-0.39, 0.29) is 5.41 Å². The summed E-state index contributed by atoms with van der Waals surface area (Å²) < 4.78 is 0. The Kier molecular flexibility index (Phi) is 11.4. The van der Waals surface area contributed by atoms with Crippen LogP contribution in [0, 0.1) is 41.4 Å². The summed E-state index contributed by atoms with van der Waals surface area (Å²) >= 11 is 0. The van der Waals surface area contributed by atoms with Gasteiger partial charge in [0.25, 0.3) is 0 Å². The zero-order valence-electron chi connectivity index (χ0n) is 54.5. The molecule has 24 rings (SSSR count). The minimum Gasteiger partial charge on any atom is -0.310 e. The second kappa shape index (κ2) is 20.0. The van der Waals surface area contributed by atoms with E-state index in [0.29, 0.717) is 5.92 Å². The predicted molar refractivity (Wildman–Crippen MR) is 392 cm³/mol. The van der Waals surface area contributed by atoms with Gasteiger partial charge in [0.2, 0.25) is 0 Å². The number of benzene rings is 12. The lowest BCUT2D eigenvalue weighted by Gasteiger charge is -2.57. The summed E-state index contributed by atoms with van der Waals surface area (Å²) in [6.45, 7) is 0. The molecule has 0 N–H and O–H groups in total. The Morgan fingerprint density at radius 1 is 0.229 bits per heavy atom. The van der Waals surface area contributed by atoms with Crippen LogP contribution in [-0.4, -0.2) is 0 Å². The van der Waals surface area contributed by atoms with Crippen LogP contribution in [0.15, 0.2) is 285 Å². The minimum absolute atomic E-state index is 0.257. The van der Waals surface area contributed by atoms with E-state index in [2.05, 4.69) is 290 Å². The van der Waals surface area contributed by atoms with E-state index >= 15 is 0 Å². The van der Waals surface area contributed by atoms with Crippen molar-refractivity contribution in [2.24, 2.45) is 41.4 Å². The van der Waals surface area contributed by atoms with E-state index in [1.807, 2.05) is 0 Å². The van der Waals surface area contributed by atoms with Crippen molar-refractivity contribution in [3.8, 4) is 44.5 Å². The molecule has 1 heteroatoms. The van der Waals surface area contributed by atoms with Gasteiger partial charge >= 0.3 is 0 Å². The predicted octanol–water partition coefficient (Wildman–Crippen LogP) is 23.2. The van der Waals surface area contributed by atoms with Crippen molar-refractivity contribution >= 4 is 17.1 Å². The Morgan fingerprint density at radius 2 is 0.552 bits per heavy atom. The summed E-state index contributed by atoms with van der Waals surface area (Å²) in [5.74, 6) is 6.69. The quantitative estimate of drug-likeness (QED) is 0.139. The van der Waals surface area contributed by atoms with Crippen molar-refractivity contribution in [1.82, 2.24) is 0 Å². The zero-order chi connectivity index (χ0) is 62.6. The van der Waals surface area contributed by atoms with Gasteiger partial charge in [0.15, 0.2) is 0 Å². The molecule has 8 saturated carbocycles. The Balaban J connectivity index is 0.770. The monoisotopic (exact) mass is 1230 g/mol. The molecule has 96 heavy (non-hydrogen) atoms. The van der Waals surface area contributed by atoms with Crippen LogP contribution in [0.1, 0.15) is 154 Å². The molecule has 462 valence electrons. The Morgan fingerprint density at radius 3 is 1.00 bits per heavy atom. The third kappa shape index (κ3) is 7.22. The number of nitrogens with zero attached hydrogens (tertiary/aromatic N) is 1. The molecule has 0 amide bonds. The van der Waals surface area contributed by atoms with E-state index in [4.69, 9.17) is 0 Å². The molecule has 8 bridgehead atoms. The van der Waals surface area contributed by atoms with Gasteiger partial charge < -0.3 is 4.90 Å². The van der Waals surface area contributed by atoms with E-state index in [9.17, 15) is 0 Å². The average Bonchev–Trinajstić information content (AvgIpc) is 1.51. The van der Waals surface area contributed by atoms with Crippen molar-refractivity contribution in [2.75, 3.05) is 4.90 Å². The molecule has 0 radical (unpaired) electrons. The highest BCUT2D eigenvalue weighted by Crippen LogP contribution is 2.68. The maximum Gasteiger partial charge on any atom is 0.0726 e. The molecule has 12 aliphatic rings. The first-order valence-corrected chi connectivity index (χ1v) is 36.5.